The molecule has 6 nitrogen and oxygen atoms in total. The number of thiazole rings is 1. The lowest BCUT2D eigenvalue weighted by atomic mass is 9.96. The molecule has 8 heteroatoms. The number of benzene rings is 2. The van der Waals surface area contributed by atoms with Crippen LogP contribution in [0.15, 0.2) is 54.6 Å². The quantitative estimate of drug-likeness (QED) is 0.540. The van der Waals surface area contributed by atoms with E-state index in [1.165, 1.54) is 11.3 Å². The van der Waals surface area contributed by atoms with Gasteiger partial charge in [-0.2, -0.15) is 0 Å². The molecular weight excluding hydrogens is 446 g/mol. The number of hydrogen-bond donors (Lipinski definition) is 1. The number of likely N-dealkylation sites (tertiary alicyclic amines) is 1. The van der Waals surface area contributed by atoms with Gasteiger partial charge in [0.25, 0.3) is 5.91 Å². The molecule has 166 valence electrons. The lowest BCUT2D eigenvalue weighted by Crippen LogP contribution is -2.43. The van der Waals surface area contributed by atoms with Crippen molar-refractivity contribution in [2.45, 2.75) is 26.4 Å². The maximum Gasteiger partial charge on any atom is 0.265 e. The highest BCUT2D eigenvalue weighted by molar-refractivity contribution is 7.13. The Kier molecular flexibility index (Phi) is 7.07. The molecule has 0 saturated carbocycles. The average molecular weight is 470 g/mol. The Hall–Kier alpha value is -2.90. The molecule has 0 aliphatic carbocycles. The minimum absolute atomic E-state index is 0.0493. The van der Waals surface area contributed by atoms with Crippen molar-refractivity contribution < 1.29 is 14.3 Å². The highest BCUT2D eigenvalue weighted by atomic mass is 35.5. The first-order chi connectivity index (χ1) is 15.5. The van der Waals surface area contributed by atoms with Gasteiger partial charge in [-0.15, -0.1) is 11.3 Å². The zero-order chi connectivity index (χ0) is 22.5. The van der Waals surface area contributed by atoms with Crippen molar-refractivity contribution in [3.8, 4) is 5.75 Å². The van der Waals surface area contributed by atoms with E-state index in [4.69, 9.17) is 16.3 Å². The van der Waals surface area contributed by atoms with Crippen LogP contribution in [0.4, 0.5) is 5.69 Å². The summed E-state index contributed by atoms with van der Waals surface area (Å²) < 4.78 is 5.76. The third-order valence-electron chi connectivity index (χ3n) is 5.33. The second kappa shape index (κ2) is 10.1. The Balaban J connectivity index is 1.37. The van der Waals surface area contributed by atoms with Crippen LogP contribution in [0.25, 0.3) is 0 Å². The number of carbonyl (C=O) groups is 2. The van der Waals surface area contributed by atoms with Crippen molar-refractivity contribution in [1.29, 1.82) is 0 Å². The van der Waals surface area contributed by atoms with E-state index >= 15 is 0 Å². The Morgan fingerprint density at radius 2 is 1.94 bits per heavy atom. The topological polar surface area (TPSA) is 71.5 Å². The second-order valence-corrected chi connectivity index (χ2v) is 9.23. The monoisotopic (exact) mass is 469 g/mol. The third kappa shape index (κ3) is 5.47. The van der Waals surface area contributed by atoms with E-state index in [0.717, 1.165) is 23.5 Å². The maximum absolute atomic E-state index is 13.2. The van der Waals surface area contributed by atoms with Crippen LogP contribution < -0.4 is 10.1 Å². The molecule has 1 saturated heterocycles. The number of carbonyl (C=O) groups excluding carboxylic acids is 2. The van der Waals surface area contributed by atoms with E-state index in [1.807, 2.05) is 37.3 Å². The van der Waals surface area contributed by atoms with Crippen LogP contribution in [0.2, 0.25) is 5.02 Å². The number of aromatic nitrogens is 1. The molecule has 1 aromatic heterocycles. The number of anilines is 1. The number of piperidine rings is 1. The first-order valence-corrected chi connectivity index (χ1v) is 11.7. The zero-order valence-corrected chi connectivity index (χ0v) is 19.3. The van der Waals surface area contributed by atoms with E-state index in [-0.39, 0.29) is 24.3 Å². The van der Waals surface area contributed by atoms with Gasteiger partial charge in [-0.3, -0.25) is 9.59 Å². The van der Waals surface area contributed by atoms with Crippen molar-refractivity contribution in [2.24, 2.45) is 5.92 Å². The van der Waals surface area contributed by atoms with E-state index in [9.17, 15) is 9.59 Å². The van der Waals surface area contributed by atoms with Crippen molar-refractivity contribution in [3.05, 3.63) is 75.2 Å². The molecule has 2 aromatic carbocycles. The Morgan fingerprint density at radius 1 is 1.19 bits per heavy atom. The first-order valence-electron chi connectivity index (χ1n) is 10.5. The standard InChI is InChI=1S/C24H24ClN3O3S/c1-16-22(32-21(26-16)15-31-20-11-9-18(25)10-12-20)24(30)28-13-5-6-17(14-28)23(29)27-19-7-3-2-4-8-19/h2-4,7-12,17H,5-6,13-15H2,1H3,(H,27,29). The van der Waals surface area contributed by atoms with Crippen LogP contribution in [-0.4, -0.2) is 34.8 Å². The number of nitrogens with one attached hydrogen (secondary N) is 1. The third-order valence-corrected chi connectivity index (χ3v) is 6.70. The van der Waals surface area contributed by atoms with Gasteiger partial charge in [0.15, 0.2) is 0 Å². The summed E-state index contributed by atoms with van der Waals surface area (Å²) in [4.78, 5) is 32.8. The molecule has 1 fully saturated rings. The highest BCUT2D eigenvalue weighted by Crippen LogP contribution is 2.26. The number of hydrogen-bond acceptors (Lipinski definition) is 5. The number of nitrogens with zero attached hydrogens (tertiary/aromatic N) is 2. The van der Waals surface area contributed by atoms with E-state index in [0.29, 0.717) is 34.4 Å². The minimum Gasteiger partial charge on any atom is -0.486 e. The van der Waals surface area contributed by atoms with Crippen LogP contribution in [0.1, 0.15) is 33.2 Å². The maximum atomic E-state index is 13.2. The fourth-order valence-electron chi connectivity index (χ4n) is 3.67. The van der Waals surface area contributed by atoms with Crippen LogP contribution in [0.5, 0.6) is 5.75 Å². The Bertz CT molecular complexity index is 1090. The summed E-state index contributed by atoms with van der Waals surface area (Å²) in [7, 11) is 0. The number of aryl methyl sites for hydroxylation is 1. The molecule has 0 bridgehead atoms. The smallest absolute Gasteiger partial charge is 0.265 e. The molecular formula is C24H24ClN3O3S. The van der Waals surface area contributed by atoms with Gasteiger partial charge in [-0.1, -0.05) is 29.8 Å². The summed E-state index contributed by atoms with van der Waals surface area (Å²) in [6.07, 6.45) is 1.56. The fraction of sp³-hybridized carbons (Fsp3) is 0.292. The summed E-state index contributed by atoms with van der Waals surface area (Å²) in [5.41, 5.74) is 1.45. The molecule has 4 rings (SSSR count). The highest BCUT2D eigenvalue weighted by Gasteiger charge is 2.30. The van der Waals surface area contributed by atoms with Gasteiger partial charge in [0, 0.05) is 23.8 Å². The largest absolute Gasteiger partial charge is 0.486 e. The molecule has 0 radical (unpaired) electrons. The predicted octanol–water partition coefficient (Wildman–Crippen LogP) is 5.17. The van der Waals surface area contributed by atoms with Crippen LogP contribution >= 0.6 is 22.9 Å². The van der Waals surface area contributed by atoms with Gasteiger partial charge in [-0.25, -0.2) is 4.98 Å². The van der Waals surface area contributed by atoms with Crippen molar-refractivity contribution in [1.82, 2.24) is 9.88 Å². The van der Waals surface area contributed by atoms with Crippen molar-refractivity contribution >= 4 is 40.4 Å². The molecule has 1 N–H and O–H groups in total. The number of para-hydroxylation sites is 1. The molecule has 2 amide bonds. The van der Waals surface area contributed by atoms with E-state index < -0.39 is 0 Å². The second-order valence-electron chi connectivity index (χ2n) is 7.71. The van der Waals surface area contributed by atoms with Crippen molar-refractivity contribution in [3.63, 3.8) is 0 Å². The molecule has 1 atom stereocenters. The van der Waals surface area contributed by atoms with Crippen molar-refractivity contribution in [2.75, 3.05) is 18.4 Å². The molecule has 1 unspecified atom stereocenters. The lowest BCUT2D eigenvalue weighted by Gasteiger charge is -2.31. The molecule has 2 heterocycles. The minimum atomic E-state index is -0.228. The molecule has 0 spiro atoms. The summed E-state index contributed by atoms with van der Waals surface area (Å²) in [6.45, 7) is 3.16. The summed E-state index contributed by atoms with van der Waals surface area (Å²) in [5, 5.41) is 4.33. The molecule has 32 heavy (non-hydrogen) atoms. The zero-order valence-electron chi connectivity index (χ0n) is 17.7. The Labute approximate surface area is 196 Å². The van der Waals surface area contributed by atoms with Gasteiger partial charge < -0.3 is 15.0 Å². The van der Waals surface area contributed by atoms with Gasteiger partial charge in [-0.05, 0) is 56.2 Å². The SMILES string of the molecule is Cc1nc(COc2ccc(Cl)cc2)sc1C(=O)N1CCCC(C(=O)Nc2ccccc2)C1. The van der Waals surface area contributed by atoms with Gasteiger partial charge >= 0.3 is 0 Å². The molecule has 1 aliphatic heterocycles. The van der Waals surface area contributed by atoms with Crippen LogP contribution in [-0.2, 0) is 11.4 Å². The number of ether oxygens (including phenoxy) is 1. The Morgan fingerprint density at radius 3 is 2.69 bits per heavy atom. The summed E-state index contributed by atoms with van der Waals surface area (Å²) in [5.74, 6) is 0.342. The van der Waals surface area contributed by atoms with Crippen LogP contribution in [0, 0.1) is 12.8 Å². The lowest BCUT2D eigenvalue weighted by molar-refractivity contribution is -0.121. The fourth-order valence-corrected chi connectivity index (χ4v) is 4.75. The molecule has 1 aliphatic rings. The number of halogens is 1. The van der Waals surface area contributed by atoms with Gasteiger partial charge in [0.05, 0.1) is 11.6 Å². The average Bonchev–Trinajstić information content (AvgIpc) is 3.19. The van der Waals surface area contributed by atoms with E-state index in [1.54, 1.807) is 29.2 Å². The predicted molar refractivity (Wildman–Crippen MR) is 126 cm³/mol. The summed E-state index contributed by atoms with van der Waals surface area (Å²) >= 11 is 7.24. The number of amides is 2. The van der Waals surface area contributed by atoms with Crippen LogP contribution in [0.3, 0.4) is 0 Å². The van der Waals surface area contributed by atoms with Gasteiger partial charge in [0.2, 0.25) is 5.91 Å². The first kappa shape index (κ1) is 22.3. The van der Waals surface area contributed by atoms with E-state index in [2.05, 4.69) is 10.3 Å². The normalized spacial score (nSPS) is 15.9. The summed E-state index contributed by atoms with van der Waals surface area (Å²) in [6, 6.07) is 16.5. The number of rotatable bonds is 6. The van der Waals surface area contributed by atoms with Gasteiger partial charge in [0.1, 0.15) is 22.2 Å². The molecule has 3 aromatic rings.